The van der Waals surface area contributed by atoms with E-state index in [9.17, 15) is 9.59 Å². The van der Waals surface area contributed by atoms with Gasteiger partial charge in [0.2, 0.25) is 5.91 Å². The minimum atomic E-state index is -0.268. The predicted octanol–water partition coefficient (Wildman–Crippen LogP) is 0.740. The van der Waals surface area contributed by atoms with Crippen molar-refractivity contribution in [3.63, 3.8) is 0 Å². The van der Waals surface area contributed by atoms with Crippen molar-refractivity contribution in [2.75, 3.05) is 18.4 Å². The number of hydrogen-bond acceptors (Lipinski definition) is 4. The molecule has 0 fully saturated rings. The Balaban J connectivity index is 2.79. The summed E-state index contributed by atoms with van der Waals surface area (Å²) in [7, 11) is 0. The van der Waals surface area contributed by atoms with E-state index in [1.807, 2.05) is 6.92 Å². The smallest absolute Gasteiger partial charge is 0.283 e. The number of carbonyl (C=O) groups excluding carboxylic acids is 1. The number of nitrogens with zero attached hydrogens (tertiary/aromatic N) is 2. The van der Waals surface area contributed by atoms with Crippen molar-refractivity contribution in [2.24, 2.45) is 0 Å². The SMILES string of the molecule is C=CCn1ncc(NCC(=O)NCC)c(Br)c1=O. The molecule has 0 spiro atoms. The van der Waals surface area contributed by atoms with E-state index in [1.165, 1.54) is 10.9 Å². The van der Waals surface area contributed by atoms with Crippen molar-refractivity contribution in [1.29, 1.82) is 0 Å². The van der Waals surface area contributed by atoms with E-state index in [4.69, 9.17) is 0 Å². The molecule has 0 aliphatic rings. The number of amides is 1. The Morgan fingerprint density at radius 2 is 2.39 bits per heavy atom. The van der Waals surface area contributed by atoms with Crippen molar-refractivity contribution >= 4 is 27.5 Å². The largest absolute Gasteiger partial charge is 0.374 e. The molecule has 1 rings (SSSR count). The molecule has 0 radical (unpaired) electrons. The molecule has 2 N–H and O–H groups in total. The Morgan fingerprint density at radius 1 is 1.67 bits per heavy atom. The van der Waals surface area contributed by atoms with Crippen LogP contribution in [0.5, 0.6) is 0 Å². The lowest BCUT2D eigenvalue weighted by atomic mass is 10.4. The molecule has 7 heteroatoms. The van der Waals surface area contributed by atoms with Crippen LogP contribution in [0, 0.1) is 0 Å². The van der Waals surface area contributed by atoms with Gasteiger partial charge in [0.15, 0.2) is 0 Å². The maximum atomic E-state index is 11.8. The van der Waals surface area contributed by atoms with Crippen LogP contribution in [-0.4, -0.2) is 28.8 Å². The summed E-state index contributed by atoms with van der Waals surface area (Å²) < 4.78 is 1.62. The Hall–Kier alpha value is -1.63. The van der Waals surface area contributed by atoms with Crippen molar-refractivity contribution < 1.29 is 4.79 Å². The minimum Gasteiger partial charge on any atom is -0.374 e. The number of likely N-dealkylation sites (N-methyl/N-ethyl adjacent to an activating group) is 1. The predicted molar refractivity (Wildman–Crippen MR) is 73.6 cm³/mol. The molecular formula is C11H15BrN4O2. The number of allylic oxidation sites excluding steroid dienone is 1. The maximum Gasteiger partial charge on any atom is 0.283 e. The average Bonchev–Trinajstić information content (AvgIpc) is 2.35. The normalized spacial score (nSPS) is 9.89. The van der Waals surface area contributed by atoms with E-state index < -0.39 is 0 Å². The Morgan fingerprint density at radius 3 is 3.00 bits per heavy atom. The van der Waals surface area contributed by atoms with Crippen LogP contribution in [0.15, 0.2) is 28.1 Å². The molecule has 18 heavy (non-hydrogen) atoms. The topological polar surface area (TPSA) is 76.0 Å². The van der Waals surface area contributed by atoms with Crippen LogP contribution in [0.1, 0.15) is 6.92 Å². The Bertz CT molecular complexity index is 498. The van der Waals surface area contributed by atoms with Gasteiger partial charge in [-0.1, -0.05) is 6.08 Å². The third-order valence-electron chi connectivity index (χ3n) is 2.10. The van der Waals surface area contributed by atoms with E-state index in [0.29, 0.717) is 23.2 Å². The maximum absolute atomic E-state index is 11.8. The molecule has 0 aliphatic heterocycles. The number of halogens is 1. The molecule has 0 unspecified atom stereocenters. The van der Waals surface area contributed by atoms with Crippen LogP contribution in [-0.2, 0) is 11.3 Å². The third kappa shape index (κ3) is 3.69. The van der Waals surface area contributed by atoms with Crippen LogP contribution in [0.2, 0.25) is 0 Å². The van der Waals surface area contributed by atoms with Gasteiger partial charge < -0.3 is 10.6 Å². The number of carbonyl (C=O) groups is 1. The zero-order chi connectivity index (χ0) is 13.5. The zero-order valence-electron chi connectivity index (χ0n) is 10.1. The molecule has 0 saturated heterocycles. The first-order valence-electron chi connectivity index (χ1n) is 5.47. The van der Waals surface area contributed by atoms with Crippen molar-refractivity contribution in [2.45, 2.75) is 13.5 Å². The molecule has 98 valence electrons. The monoisotopic (exact) mass is 314 g/mol. The van der Waals surface area contributed by atoms with Crippen LogP contribution in [0.25, 0.3) is 0 Å². The van der Waals surface area contributed by atoms with Gasteiger partial charge in [0, 0.05) is 6.54 Å². The van der Waals surface area contributed by atoms with Gasteiger partial charge in [0.1, 0.15) is 4.47 Å². The Kier molecular flexibility index (Phi) is 5.57. The van der Waals surface area contributed by atoms with Gasteiger partial charge in [-0.3, -0.25) is 9.59 Å². The molecule has 1 aromatic rings. The van der Waals surface area contributed by atoms with Crippen LogP contribution >= 0.6 is 15.9 Å². The van der Waals surface area contributed by atoms with Crippen molar-refractivity contribution in [3.05, 3.63) is 33.7 Å². The summed E-state index contributed by atoms with van der Waals surface area (Å²) in [6, 6.07) is 0. The molecule has 1 aromatic heterocycles. The lowest BCUT2D eigenvalue weighted by Gasteiger charge is -2.09. The molecule has 0 aromatic carbocycles. The highest BCUT2D eigenvalue weighted by molar-refractivity contribution is 9.10. The fourth-order valence-electron chi connectivity index (χ4n) is 1.28. The van der Waals surface area contributed by atoms with Gasteiger partial charge in [-0.25, -0.2) is 4.68 Å². The number of rotatable bonds is 6. The molecule has 0 saturated carbocycles. The molecule has 1 amide bonds. The molecule has 1 heterocycles. The van der Waals surface area contributed by atoms with E-state index in [-0.39, 0.29) is 18.0 Å². The summed E-state index contributed by atoms with van der Waals surface area (Å²) >= 11 is 3.19. The van der Waals surface area contributed by atoms with Gasteiger partial charge >= 0.3 is 0 Å². The van der Waals surface area contributed by atoms with Crippen molar-refractivity contribution in [1.82, 2.24) is 15.1 Å². The molecule has 6 nitrogen and oxygen atoms in total. The van der Waals surface area contributed by atoms with E-state index >= 15 is 0 Å². The van der Waals surface area contributed by atoms with Gasteiger partial charge in [0.25, 0.3) is 5.56 Å². The zero-order valence-corrected chi connectivity index (χ0v) is 11.7. The van der Waals surface area contributed by atoms with Gasteiger partial charge in [-0.2, -0.15) is 5.10 Å². The highest BCUT2D eigenvalue weighted by Gasteiger charge is 2.08. The summed E-state index contributed by atoms with van der Waals surface area (Å²) in [6.07, 6.45) is 3.08. The van der Waals surface area contributed by atoms with E-state index in [2.05, 4.69) is 38.2 Å². The van der Waals surface area contributed by atoms with Gasteiger partial charge in [-0.05, 0) is 22.9 Å². The summed E-state index contributed by atoms with van der Waals surface area (Å²) in [6.45, 7) is 6.39. The molecule has 0 bridgehead atoms. The second-order valence-electron chi connectivity index (χ2n) is 3.46. The first kappa shape index (κ1) is 14.4. The standard InChI is InChI=1S/C11H15BrN4O2/c1-3-5-16-11(18)10(12)8(6-15-16)14-7-9(17)13-4-2/h3,6,14H,1,4-5,7H2,2H3,(H,13,17). The first-order valence-corrected chi connectivity index (χ1v) is 6.26. The average molecular weight is 315 g/mol. The summed E-state index contributed by atoms with van der Waals surface area (Å²) in [5.74, 6) is -0.139. The summed E-state index contributed by atoms with van der Waals surface area (Å²) in [5.41, 5.74) is 0.224. The lowest BCUT2D eigenvalue weighted by molar-refractivity contribution is -0.119. The van der Waals surface area contributed by atoms with Crippen LogP contribution in [0.4, 0.5) is 5.69 Å². The van der Waals surface area contributed by atoms with Crippen LogP contribution in [0.3, 0.4) is 0 Å². The molecule has 0 atom stereocenters. The number of anilines is 1. The van der Waals surface area contributed by atoms with Gasteiger partial charge in [0.05, 0.1) is 25.0 Å². The number of aromatic nitrogens is 2. The molecular weight excluding hydrogens is 300 g/mol. The highest BCUT2D eigenvalue weighted by Crippen LogP contribution is 2.15. The van der Waals surface area contributed by atoms with Crippen LogP contribution < -0.4 is 16.2 Å². The van der Waals surface area contributed by atoms with Gasteiger partial charge in [-0.15, -0.1) is 6.58 Å². The van der Waals surface area contributed by atoms with E-state index in [1.54, 1.807) is 6.08 Å². The highest BCUT2D eigenvalue weighted by atomic mass is 79.9. The summed E-state index contributed by atoms with van der Waals surface area (Å²) in [5, 5.41) is 9.46. The van der Waals surface area contributed by atoms with Crippen molar-refractivity contribution in [3.8, 4) is 0 Å². The fourth-order valence-corrected chi connectivity index (χ4v) is 1.72. The third-order valence-corrected chi connectivity index (χ3v) is 2.87. The second-order valence-corrected chi connectivity index (χ2v) is 4.25. The number of hydrogen-bond donors (Lipinski definition) is 2. The fraction of sp³-hybridized carbons (Fsp3) is 0.364. The lowest BCUT2D eigenvalue weighted by Crippen LogP contribution is -2.30. The quantitative estimate of drug-likeness (QED) is 0.759. The second kappa shape index (κ2) is 6.95. The van der Waals surface area contributed by atoms with E-state index in [0.717, 1.165) is 0 Å². The Labute approximate surface area is 113 Å². The first-order chi connectivity index (χ1) is 8.60. The summed E-state index contributed by atoms with van der Waals surface area (Å²) in [4.78, 5) is 23.1. The minimum absolute atomic E-state index is 0.0963. The molecule has 0 aliphatic carbocycles. The number of nitrogens with one attached hydrogen (secondary N) is 2.